The van der Waals surface area contributed by atoms with Crippen molar-refractivity contribution < 1.29 is 13.2 Å². The van der Waals surface area contributed by atoms with Crippen LogP contribution in [0.3, 0.4) is 0 Å². The number of amides is 1. The number of nitrogens with one attached hydrogen (secondary N) is 2. The quantitative estimate of drug-likeness (QED) is 0.593. The van der Waals surface area contributed by atoms with Gasteiger partial charge in [-0.3, -0.25) is 9.52 Å². The zero-order valence-electron chi connectivity index (χ0n) is 17.6. The van der Waals surface area contributed by atoms with Gasteiger partial charge in [0.15, 0.2) is 0 Å². The molecule has 0 fully saturated rings. The molecule has 0 aliphatic rings. The molecule has 0 unspecified atom stereocenters. The lowest BCUT2D eigenvalue weighted by atomic mass is 10.00. The Morgan fingerprint density at radius 3 is 2.30 bits per heavy atom. The highest BCUT2D eigenvalue weighted by Crippen LogP contribution is 2.21. The number of carbonyl (C=O) groups is 1. The van der Waals surface area contributed by atoms with Gasteiger partial charge in [-0.1, -0.05) is 42.0 Å². The monoisotopic (exact) mass is 422 g/mol. The van der Waals surface area contributed by atoms with Gasteiger partial charge in [0.25, 0.3) is 15.9 Å². The number of hydrogen-bond donors (Lipinski definition) is 2. The van der Waals surface area contributed by atoms with Crippen LogP contribution in [0.1, 0.15) is 45.6 Å². The maximum absolute atomic E-state index is 12.8. The Bertz CT molecular complexity index is 1190. The normalized spacial score (nSPS) is 12.3. The van der Waals surface area contributed by atoms with Crippen LogP contribution in [-0.4, -0.2) is 14.3 Å². The summed E-state index contributed by atoms with van der Waals surface area (Å²) in [4.78, 5) is 12.8. The average Bonchev–Trinajstić information content (AvgIpc) is 2.69. The summed E-state index contributed by atoms with van der Waals surface area (Å²) < 4.78 is 28.1. The molecule has 0 saturated carbocycles. The van der Waals surface area contributed by atoms with Gasteiger partial charge in [-0.2, -0.15) is 0 Å². The first kappa shape index (κ1) is 21.6. The predicted octanol–water partition coefficient (Wildman–Crippen LogP) is 4.90. The number of hydrogen-bond acceptors (Lipinski definition) is 3. The van der Waals surface area contributed by atoms with E-state index in [0.29, 0.717) is 11.3 Å². The minimum absolute atomic E-state index is 0.0380. The van der Waals surface area contributed by atoms with Crippen molar-refractivity contribution in [2.75, 3.05) is 4.72 Å². The fourth-order valence-corrected chi connectivity index (χ4v) is 4.41. The van der Waals surface area contributed by atoms with E-state index >= 15 is 0 Å². The Labute approximate surface area is 178 Å². The van der Waals surface area contributed by atoms with Crippen LogP contribution >= 0.6 is 0 Å². The maximum atomic E-state index is 12.8. The highest BCUT2D eigenvalue weighted by Gasteiger charge is 2.18. The molecule has 0 aliphatic heterocycles. The van der Waals surface area contributed by atoms with E-state index in [1.165, 1.54) is 12.1 Å². The van der Waals surface area contributed by atoms with Gasteiger partial charge in [-0.15, -0.1) is 0 Å². The summed E-state index contributed by atoms with van der Waals surface area (Å²) in [5.74, 6) is -0.323. The zero-order chi connectivity index (χ0) is 21.9. The summed E-state index contributed by atoms with van der Waals surface area (Å²) in [5.41, 5.74) is 4.96. The van der Waals surface area contributed by atoms with Crippen LogP contribution in [0.4, 0.5) is 5.69 Å². The molecule has 1 atom stereocenters. The number of carbonyl (C=O) groups excluding carboxylic acids is 1. The molecule has 1 amide bonds. The van der Waals surface area contributed by atoms with Crippen molar-refractivity contribution in [3.05, 3.63) is 94.5 Å². The molecule has 3 rings (SSSR count). The Balaban J connectivity index is 1.80. The lowest BCUT2D eigenvalue weighted by Gasteiger charge is -2.18. The van der Waals surface area contributed by atoms with Gasteiger partial charge in [-0.25, -0.2) is 8.42 Å². The molecule has 0 saturated heterocycles. The largest absolute Gasteiger partial charge is 0.346 e. The van der Waals surface area contributed by atoms with Gasteiger partial charge in [0.1, 0.15) is 0 Å². The lowest BCUT2D eigenvalue weighted by molar-refractivity contribution is 0.0939. The third-order valence-electron chi connectivity index (χ3n) is 4.93. The van der Waals surface area contributed by atoms with Gasteiger partial charge in [0, 0.05) is 11.3 Å². The smallest absolute Gasteiger partial charge is 0.261 e. The van der Waals surface area contributed by atoms with Crippen LogP contribution in [0.15, 0.2) is 71.6 Å². The second kappa shape index (κ2) is 8.71. The molecule has 3 aromatic rings. The van der Waals surface area contributed by atoms with E-state index in [2.05, 4.69) is 10.0 Å². The van der Waals surface area contributed by atoms with Crippen molar-refractivity contribution in [1.82, 2.24) is 5.32 Å². The van der Waals surface area contributed by atoms with Gasteiger partial charge in [0.05, 0.1) is 10.9 Å². The molecule has 0 aromatic heterocycles. The second-order valence-corrected chi connectivity index (χ2v) is 9.24. The summed E-state index contributed by atoms with van der Waals surface area (Å²) in [5, 5.41) is 2.96. The summed E-state index contributed by atoms with van der Waals surface area (Å²) in [6, 6.07) is 19.1. The summed E-state index contributed by atoms with van der Waals surface area (Å²) in [6.45, 7) is 7.81. The van der Waals surface area contributed by atoms with Crippen LogP contribution < -0.4 is 10.0 Å². The zero-order valence-corrected chi connectivity index (χ0v) is 18.4. The van der Waals surface area contributed by atoms with E-state index in [0.717, 1.165) is 22.3 Å². The van der Waals surface area contributed by atoms with Crippen LogP contribution in [0.2, 0.25) is 0 Å². The van der Waals surface area contributed by atoms with Crippen molar-refractivity contribution >= 4 is 21.6 Å². The molecule has 0 heterocycles. The first-order chi connectivity index (χ1) is 14.2. The van der Waals surface area contributed by atoms with Crippen molar-refractivity contribution in [2.45, 2.75) is 38.6 Å². The molecular formula is C24H26N2O3S. The predicted molar refractivity (Wildman–Crippen MR) is 120 cm³/mol. The van der Waals surface area contributed by atoms with E-state index in [1.807, 2.05) is 52.0 Å². The molecule has 5 nitrogen and oxygen atoms in total. The van der Waals surface area contributed by atoms with E-state index in [4.69, 9.17) is 0 Å². The standard InChI is InChI=1S/C24H26N2O3S/c1-16-7-5-9-21(13-16)26-30(28,29)22-10-6-8-20(15-22)24(27)25-19(4)23-14-17(2)11-12-18(23)3/h5-15,19,26H,1-4H3,(H,25,27)/t19-/m1/s1. The van der Waals surface area contributed by atoms with Crippen molar-refractivity contribution in [2.24, 2.45) is 0 Å². The fourth-order valence-electron chi connectivity index (χ4n) is 3.31. The summed E-state index contributed by atoms with van der Waals surface area (Å²) >= 11 is 0. The Morgan fingerprint density at radius 1 is 0.867 bits per heavy atom. The topological polar surface area (TPSA) is 75.3 Å². The molecule has 2 N–H and O–H groups in total. The van der Waals surface area contributed by atoms with Crippen molar-refractivity contribution in [3.63, 3.8) is 0 Å². The van der Waals surface area contributed by atoms with Crippen LogP contribution in [0.5, 0.6) is 0 Å². The van der Waals surface area contributed by atoms with Crippen molar-refractivity contribution in [1.29, 1.82) is 0 Å². The van der Waals surface area contributed by atoms with Gasteiger partial charge in [0.2, 0.25) is 0 Å². The van der Waals surface area contributed by atoms with Crippen molar-refractivity contribution in [3.8, 4) is 0 Å². The Hall–Kier alpha value is -3.12. The van der Waals surface area contributed by atoms with E-state index in [9.17, 15) is 13.2 Å². The van der Waals surface area contributed by atoms with Gasteiger partial charge < -0.3 is 5.32 Å². The summed E-state index contributed by atoms with van der Waals surface area (Å²) in [7, 11) is -3.81. The average molecular weight is 423 g/mol. The first-order valence-corrected chi connectivity index (χ1v) is 11.2. The molecule has 0 aliphatic carbocycles. The molecule has 156 valence electrons. The Kier molecular flexibility index (Phi) is 6.27. The van der Waals surface area contributed by atoms with E-state index in [1.54, 1.807) is 30.3 Å². The molecule has 0 spiro atoms. The Morgan fingerprint density at radius 2 is 1.57 bits per heavy atom. The molecular weight excluding hydrogens is 396 g/mol. The highest BCUT2D eigenvalue weighted by atomic mass is 32.2. The third-order valence-corrected chi connectivity index (χ3v) is 6.30. The summed E-state index contributed by atoms with van der Waals surface area (Å²) in [6.07, 6.45) is 0. The first-order valence-electron chi connectivity index (χ1n) is 9.73. The lowest BCUT2D eigenvalue weighted by Crippen LogP contribution is -2.27. The van der Waals surface area contributed by atoms with Gasteiger partial charge >= 0.3 is 0 Å². The minimum atomic E-state index is -3.81. The molecule has 0 bridgehead atoms. The van der Waals surface area contributed by atoms with E-state index < -0.39 is 10.0 Å². The molecule has 3 aromatic carbocycles. The number of anilines is 1. The second-order valence-electron chi connectivity index (χ2n) is 7.56. The number of rotatable bonds is 6. The number of aryl methyl sites for hydroxylation is 3. The van der Waals surface area contributed by atoms with E-state index in [-0.39, 0.29) is 16.8 Å². The molecule has 0 radical (unpaired) electrons. The van der Waals surface area contributed by atoms with Crippen LogP contribution in [0, 0.1) is 20.8 Å². The number of sulfonamides is 1. The highest BCUT2D eigenvalue weighted by molar-refractivity contribution is 7.92. The fraction of sp³-hybridized carbons (Fsp3) is 0.208. The maximum Gasteiger partial charge on any atom is 0.261 e. The van der Waals surface area contributed by atoms with Crippen LogP contribution in [0.25, 0.3) is 0 Å². The third kappa shape index (κ3) is 5.07. The molecule has 30 heavy (non-hydrogen) atoms. The molecule has 6 heteroatoms. The van der Waals surface area contributed by atoms with Gasteiger partial charge in [-0.05, 0) is 74.7 Å². The SMILES string of the molecule is Cc1cccc(NS(=O)(=O)c2cccc(C(=O)N[C@H](C)c3cc(C)ccc3C)c2)c1. The van der Waals surface area contributed by atoms with Crippen LogP contribution in [-0.2, 0) is 10.0 Å². The number of benzene rings is 3. The minimum Gasteiger partial charge on any atom is -0.346 e.